The second kappa shape index (κ2) is 8.06. The first-order chi connectivity index (χ1) is 13.0. The van der Waals surface area contributed by atoms with E-state index in [0.29, 0.717) is 13.1 Å². The van der Waals surface area contributed by atoms with Gasteiger partial charge in [0.1, 0.15) is 0 Å². The van der Waals surface area contributed by atoms with Gasteiger partial charge in [-0.1, -0.05) is 6.92 Å². The Balaban J connectivity index is 2.10. The van der Waals surface area contributed by atoms with E-state index in [2.05, 4.69) is 21.6 Å². The summed E-state index contributed by atoms with van der Waals surface area (Å²) >= 11 is 0. The first-order valence-electron chi connectivity index (χ1n) is 10.1. The number of rotatable bonds is 6. The highest BCUT2D eigenvalue weighted by Crippen LogP contribution is 2.33. The highest BCUT2D eigenvalue weighted by atomic mass is 16.2. The molecule has 0 bridgehead atoms. The average Bonchev–Trinajstić information content (AvgIpc) is 3.26. The molecule has 1 saturated heterocycles. The second-order valence-corrected chi connectivity index (χ2v) is 7.23. The van der Waals surface area contributed by atoms with Gasteiger partial charge in [-0.15, -0.1) is 0 Å². The van der Waals surface area contributed by atoms with Gasteiger partial charge in [-0.3, -0.25) is 9.13 Å². The summed E-state index contributed by atoms with van der Waals surface area (Å²) < 4.78 is 3.58. The molecule has 0 radical (unpaired) electrons. The van der Waals surface area contributed by atoms with Crippen molar-refractivity contribution in [2.75, 3.05) is 23.3 Å². The molecule has 3 rings (SSSR count). The monoisotopic (exact) mass is 373 g/mol. The number of urea groups is 1. The fraction of sp³-hybridized carbons (Fsp3) is 0.600. The van der Waals surface area contributed by atoms with Crippen LogP contribution in [0.15, 0.2) is 16.9 Å². The van der Waals surface area contributed by atoms with Gasteiger partial charge in [0, 0.05) is 32.2 Å². The predicted molar refractivity (Wildman–Crippen MR) is 111 cm³/mol. The third kappa shape index (κ3) is 3.68. The first kappa shape index (κ1) is 19.3. The van der Waals surface area contributed by atoms with Crippen molar-refractivity contribution in [1.29, 1.82) is 0 Å². The maximum atomic E-state index is 12.7. The molecule has 1 unspecified atom stereocenters. The summed E-state index contributed by atoms with van der Waals surface area (Å²) in [4.78, 5) is 27.5. The Kier molecular flexibility index (Phi) is 5.77. The van der Waals surface area contributed by atoms with E-state index in [9.17, 15) is 9.59 Å². The average molecular weight is 374 g/mol. The third-order valence-corrected chi connectivity index (χ3v) is 5.45. The van der Waals surface area contributed by atoms with Crippen LogP contribution in [0.25, 0.3) is 11.0 Å². The van der Waals surface area contributed by atoms with Crippen molar-refractivity contribution in [1.82, 2.24) is 14.5 Å². The molecule has 1 fully saturated rings. The molecule has 148 valence electrons. The topological polar surface area (TPSA) is 71.3 Å². The quantitative estimate of drug-likeness (QED) is 0.816. The zero-order chi connectivity index (χ0) is 19.6. The molecule has 1 aliphatic heterocycles. The second-order valence-electron chi connectivity index (χ2n) is 7.23. The summed E-state index contributed by atoms with van der Waals surface area (Å²) in [5.74, 6) is 0. The highest BCUT2D eigenvalue weighted by Gasteiger charge is 2.21. The lowest BCUT2D eigenvalue weighted by atomic mass is 10.2. The first-order valence-corrected chi connectivity index (χ1v) is 10.1. The van der Waals surface area contributed by atoms with Gasteiger partial charge in [-0.2, -0.15) is 0 Å². The highest BCUT2D eigenvalue weighted by molar-refractivity contribution is 5.98. The number of aryl methyl sites for hydroxylation is 2. The number of nitrogens with one attached hydrogen (secondary N) is 2. The van der Waals surface area contributed by atoms with Gasteiger partial charge in [0.2, 0.25) is 0 Å². The minimum atomic E-state index is -0.204. The molecule has 1 aromatic carbocycles. The Hall–Kier alpha value is -2.44. The lowest BCUT2D eigenvalue weighted by Crippen LogP contribution is -2.36. The van der Waals surface area contributed by atoms with Crippen LogP contribution in [-0.4, -0.2) is 34.3 Å². The standard InChI is InChI=1S/C20H31N5O2/c1-5-14(4)21-19(26)22-15-12-17-18(13-16(15)23-10-8-9-11-23)25(7-3)20(27)24(17)6-2/h12-14H,5-11H2,1-4H3,(H2,21,22,26). The number of fused-ring (bicyclic) bond motifs is 1. The van der Waals surface area contributed by atoms with Crippen LogP contribution in [0.1, 0.15) is 47.0 Å². The number of amides is 2. The smallest absolute Gasteiger partial charge is 0.329 e. The van der Waals surface area contributed by atoms with Gasteiger partial charge in [0.15, 0.2) is 0 Å². The van der Waals surface area contributed by atoms with Crippen LogP contribution < -0.4 is 21.2 Å². The Morgan fingerprint density at radius 3 is 2.22 bits per heavy atom. The summed E-state index contributed by atoms with van der Waals surface area (Å²) in [6.07, 6.45) is 3.17. The molecular formula is C20H31N5O2. The van der Waals surface area contributed by atoms with E-state index in [1.165, 1.54) is 0 Å². The molecule has 2 aromatic rings. The number of hydrogen-bond acceptors (Lipinski definition) is 3. The predicted octanol–water partition coefficient (Wildman–Crippen LogP) is 3.36. The fourth-order valence-corrected chi connectivity index (χ4v) is 3.77. The molecule has 1 aliphatic rings. The van der Waals surface area contributed by atoms with Crippen LogP contribution >= 0.6 is 0 Å². The number of imidazole rings is 1. The summed E-state index contributed by atoms with van der Waals surface area (Å²) in [6, 6.07) is 3.93. The summed E-state index contributed by atoms with van der Waals surface area (Å²) in [5.41, 5.74) is 3.56. The molecule has 2 amide bonds. The maximum Gasteiger partial charge on any atom is 0.329 e. The minimum absolute atomic E-state index is 0.00331. The summed E-state index contributed by atoms with van der Waals surface area (Å²) in [6.45, 7) is 11.2. The molecule has 0 saturated carbocycles. The van der Waals surface area contributed by atoms with Gasteiger partial charge in [-0.25, -0.2) is 9.59 Å². The Morgan fingerprint density at radius 1 is 1.07 bits per heavy atom. The van der Waals surface area contributed by atoms with Gasteiger partial charge < -0.3 is 15.5 Å². The zero-order valence-electron chi connectivity index (χ0n) is 16.8. The van der Waals surface area contributed by atoms with Crippen LogP contribution in [0.4, 0.5) is 16.2 Å². The molecule has 27 heavy (non-hydrogen) atoms. The molecule has 1 atom stereocenters. The number of benzene rings is 1. The Morgan fingerprint density at radius 2 is 1.67 bits per heavy atom. The number of carbonyl (C=O) groups excluding carboxylic acids is 1. The molecule has 0 aliphatic carbocycles. The number of carbonyl (C=O) groups is 1. The van der Waals surface area contributed by atoms with Crippen LogP contribution in [-0.2, 0) is 13.1 Å². The summed E-state index contributed by atoms with van der Waals surface area (Å²) in [7, 11) is 0. The van der Waals surface area contributed by atoms with E-state index >= 15 is 0 Å². The SMILES string of the molecule is CCC(C)NC(=O)Nc1cc2c(cc1N1CCCC1)n(CC)c(=O)n2CC. The zero-order valence-corrected chi connectivity index (χ0v) is 16.8. The van der Waals surface area contributed by atoms with E-state index in [0.717, 1.165) is 54.8 Å². The van der Waals surface area contributed by atoms with E-state index in [-0.39, 0.29) is 17.8 Å². The number of nitrogens with zero attached hydrogens (tertiary/aromatic N) is 3. The van der Waals surface area contributed by atoms with Crippen LogP contribution in [0, 0.1) is 0 Å². The van der Waals surface area contributed by atoms with Crippen molar-refractivity contribution in [3.8, 4) is 0 Å². The third-order valence-electron chi connectivity index (χ3n) is 5.45. The molecule has 7 heteroatoms. The molecule has 2 heterocycles. The summed E-state index contributed by atoms with van der Waals surface area (Å²) in [5, 5.41) is 5.98. The molecule has 1 aromatic heterocycles. The van der Waals surface area contributed by atoms with Crippen LogP contribution in [0.3, 0.4) is 0 Å². The number of aromatic nitrogens is 2. The number of anilines is 2. The molecule has 7 nitrogen and oxygen atoms in total. The van der Waals surface area contributed by atoms with Crippen LogP contribution in [0.5, 0.6) is 0 Å². The van der Waals surface area contributed by atoms with Gasteiger partial charge in [0.05, 0.1) is 22.4 Å². The van der Waals surface area contributed by atoms with Crippen molar-refractivity contribution in [3.63, 3.8) is 0 Å². The van der Waals surface area contributed by atoms with Gasteiger partial charge in [-0.05, 0) is 52.2 Å². The molecule has 2 N–H and O–H groups in total. The van der Waals surface area contributed by atoms with Gasteiger partial charge >= 0.3 is 11.7 Å². The van der Waals surface area contributed by atoms with E-state index < -0.39 is 0 Å². The maximum absolute atomic E-state index is 12.7. The van der Waals surface area contributed by atoms with Crippen molar-refractivity contribution >= 4 is 28.4 Å². The fourth-order valence-electron chi connectivity index (χ4n) is 3.77. The number of hydrogen-bond donors (Lipinski definition) is 2. The van der Waals surface area contributed by atoms with Gasteiger partial charge in [0.25, 0.3) is 0 Å². The molecular weight excluding hydrogens is 342 g/mol. The Labute approximate surface area is 160 Å². The van der Waals surface area contributed by atoms with Crippen molar-refractivity contribution in [3.05, 3.63) is 22.6 Å². The van der Waals surface area contributed by atoms with Crippen molar-refractivity contribution in [2.24, 2.45) is 0 Å². The van der Waals surface area contributed by atoms with E-state index in [1.807, 2.05) is 33.8 Å². The van der Waals surface area contributed by atoms with Crippen LogP contribution in [0.2, 0.25) is 0 Å². The largest absolute Gasteiger partial charge is 0.370 e. The van der Waals surface area contributed by atoms with E-state index in [1.54, 1.807) is 9.13 Å². The molecule has 0 spiro atoms. The minimum Gasteiger partial charge on any atom is -0.370 e. The Bertz CT molecular complexity index is 877. The lowest BCUT2D eigenvalue weighted by Gasteiger charge is -2.23. The van der Waals surface area contributed by atoms with Crippen molar-refractivity contribution in [2.45, 2.75) is 66.1 Å². The van der Waals surface area contributed by atoms with Crippen molar-refractivity contribution < 1.29 is 4.79 Å². The lowest BCUT2D eigenvalue weighted by molar-refractivity contribution is 0.249. The normalized spacial score (nSPS) is 15.3. The van der Waals surface area contributed by atoms with E-state index in [4.69, 9.17) is 0 Å².